The normalized spacial score (nSPS) is 15.4. The minimum Gasteiger partial charge on any atom is -0.354 e. The van der Waals surface area contributed by atoms with Gasteiger partial charge in [-0.05, 0) is 18.6 Å². The molecular weight excluding hydrogens is 276 g/mol. The highest BCUT2D eigenvalue weighted by atomic mass is 16.1. The second-order valence-electron chi connectivity index (χ2n) is 5.44. The van der Waals surface area contributed by atoms with Gasteiger partial charge < -0.3 is 10.2 Å². The van der Waals surface area contributed by atoms with E-state index in [2.05, 4.69) is 26.0 Å². The third-order valence-corrected chi connectivity index (χ3v) is 3.81. The Hall–Kier alpha value is -2.06. The molecule has 2 rings (SSSR count). The second kappa shape index (κ2) is 8.40. The van der Waals surface area contributed by atoms with Crippen LogP contribution in [0.1, 0.15) is 30.1 Å². The molecule has 1 aliphatic rings. The number of piperazine rings is 1. The Morgan fingerprint density at radius 1 is 1.36 bits per heavy atom. The van der Waals surface area contributed by atoms with Crippen molar-refractivity contribution < 1.29 is 4.79 Å². The SMILES string of the molecule is C#CCCN1CCN(c2ccc(C(=O)NCCC)cn2)CC1. The fourth-order valence-electron chi connectivity index (χ4n) is 2.47. The lowest BCUT2D eigenvalue weighted by molar-refractivity contribution is 0.0953. The molecule has 5 heteroatoms. The molecule has 0 bridgehead atoms. The number of terminal acetylenes is 1. The first-order chi connectivity index (χ1) is 10.7. The van der Waals surface area contributed by atoms with Crippen LogP contribution in [0.4, 0.5) is 5.82 Å². The Morgan fingerprint density at radius 3 is 2.73 bits per heavy atom. The number of amides is 1. The summed E-state index contributed by atoms with van der Waals surface area (Å²) >= 11 is 0. The van der Waals surface area contributed by atoms with Crippen molar-refractivity contribution in [2.24, 2.45) is 0 Å². The summed E-state index contributed by atoms with van der Waals surface area (Å²) in [5.74, 6) is 3.56. The molecule has 1 aromatic heterocycles. The summed E-state index contributed by atoms with van der Waals surface area (Å²) in [5.41, 5.74) is 0.616. The van der Waals surface area contributed by atoms with E-state index in [1.807, 2.05) is 19.1 Å². The van der Waals surface area contributed by atoms with Crippen molar-refractivity contribution in [3.05, 3.63) is 23.9 Å². The molecule has 1 saturated heterocycles. The van der Waals surface area contributed by atoms with E-state index in [-0.39, 0.29) is 5.91 Å². The van der Waals surface area contributed by atoms with Gasteiger partial charge in [0, 0.05) is 51.9 Å². The molecule has 0 radical (unpaired) electrons. The van der Waals surface area contributed by atoms with Crippen LogP contribution in [0.15, 0.2) is 18.3 Å². The highest BCUT2D eigenvalue weighted by Gasteiger charge is 2.17. The molecule has 5 nitrogen and oxygen atoms in total. The van der Waals surface area contributed by atoms with E-state index >= 15 is 0 Å². The highest BCUT2D eigenvalue weighted by molar-refractivity contribution is 5.94. The Morgan fingerprint density at radius 2 is 2.14 bits per heavy atom. The predicted molar refractivity (Wildman–Crippen MR) is 89.0 cm³/mol. The number of carbonyl (C=O) groups excluding carboxylic acids is 1. The van der Waals surface area contributed by atoms with Gasteiger partial charge in [-0.3, -0.25) is 9.69 Å². The number of nitrogens with one attached hydrogen (secondary N) is 1. The van der Waals surface area contributed by atoms with Crippen LogP contribution in [0.25, 0.3) is 0 Å². The van der Waals surface area contributed by atoms with Gasteiger partial charge in [0.05, 0.1) is 5.56 Å². The maximum atomic E-state index is 11.8. The van der Waals surface area contributed by atoms with E-state index < -0.39 is 0 Å². The van der Waals surface area contributed by atoms with E-state index in [1.54, 1.807) is 6.20 Å². The lowest BCUT2D eigenvalue weighted by Gasteiger charge is -2.35. The van der Waals surface area contributed by atoms with Crippen LogP contribution in [0, 0.1) is 12.3 Å². The average molecular weight is 300 g/mol. The van der Waals surface area contributed by atoms with E-state index in [1.165, 1.54) is 0 Å². The van der Waals surface area contributed by atoms with E-state index in [0.29, 0.717) is 12.1 Å². The molecule has 1 amide bonds. The molecule has 22 heavy (non-hydrogen) atoms. The molecule has 0 atom stereocenters. The van der Waals surface area contributed by atoms with Gasteiger partial charge in [0.2, 0.25) is 0 Å². The molecule has 2 heterocycles. The topological polar surface area (TPSA) is 48.5 Å². The number of carbonyl (C=O) groups is 1. The lowest BCUT2D eigenvalue weighted by atomic mass is 10.2. The van der Waals surface area contributed by atoms with Gasteiger partial charge in [-0.15, -0.1) is 12.3 Å². The first-order valence-electron chi connectivity index (χ1n) is 7.89. The number of rotatable bonds is 6. The maximum Gasteiger partial charge on any atom is 0.252 e. The van der Waals surface area contributed by atoms with Crippen molar-refractivity contribution >= 4 is 11.7 Å². The van der Waals surface area contributed by atoms with Crippen molar-refractivity contribution in [3.63, 3.8) is 0 Å². The zero-order valence-electron chi connectivity index (χ0n) is 13.2. The van der Waals surface area contributed by atoms with Gasteiger partial charge in [0.25, 0.3) is 5.91 Å². The minimum atomic E-state index is -0.0556. The molecule has 1 aromatic rings. The molecule has 118 valence electrons. The minimum absolute atomic E-state index is 0.0556. The van der Waals surface area contributed by atoms with E-state index in [9.17, 15) is 4.79 Å². The number of anilines is 1. The standard InChI is InChI=1S/C17H24N4O/c1-3-5-9-20-10-12-21(13-11-20)16-7-6-15(14-19-16)17(22)18-8-4-2/h1,6-7,14H,4-5,8-13H2,2H3,(H,18,22). The summed E-state index contributed by atoms with van der Waals surface area (Å²) in [6.07, 6.45) is 8.70. The fourth-order valence-corrected chi connectivity index (χ4v) is 2.47. The largest absolute Gasteiger partial charge is 0.354 e. The zero-order valence-corrected chi connectivity index (χ0v) is 13.2. The number of pyridine rings is 1. The van der Waals surface area contributed by atoms with Crippen LogP contribution < -0.4 is 10.2 Å². The molecule has 0 spiro atoms. The molecule has 1 N–H and O–H groups in total. The van der Waals surface area contributed by atoms with Gasteiger partial charge in [-0.1, -0.05) is 6.92 Å². The quantitative estimate of drug-likeness (QED) is 0.806. The molecule has 0 saturated carbocycles. The Bertz CT molecular complexity index is 512. The summed E-state index contributed by atoms with van der Waals surface area (Å²) in [6, 6.07) is 3.77. The van der Waals surface area contributed by atoms with Crippen LogP contribution in [0.5, 0.6) is 0 Å². The summed E-state index contributed by atoms with van der Waals surface area (Å²) in [7, 11) is 0. The lowest BCUT2D eigenvalue weighted by Crippen LogP contribution is -2.46. The van der Waals surface area contributed by atoms with Crippen molar-refractivity contribution in [2.75, 3.05) is 44.2 Å². The Kier molecular flexibility index (Phi) is 6.23. The van der Waals surface area contributed by atoms with Crippen molar-refractivity contribution in [1.29, 1.82) is 0 Å². The summed E-state index contributed by atoms with van der Waals surface area (Å²) in [6.45, 7) is 7.58. The monoisotopic (exact) mass is 300 g/mol. The zero-order chi connectivity index (χ0) is 15.8. The number of aromatic nitrogens is 1. The summed E-state index contributed by atoms with van der Waals surface area (Å²) in [4.78, 5) is 20.9. The molecule has 0 aliphatic carbocycles. The third-order valence-electron chi connectivity index (χ3n) is 3.81. The summed E-state index contributed by atoms with van der Waals surface area (Å²) in [5, 5.41) is 2.86. The average Bonchev–Trinajstić information content (AvgIpc) is 2.58. The van der Waals surface area contributed by atoms with Crippen LogP contribution in [0.2, 0.25) is 0 Å². The van der Waals surface area contributed by atoms with E-state index in [4.69, 9.17) is 6.42 Å². The number of nitrogens with zero attached hydrogens (tertiary/aromatic N) is 3. The van der Waals surface area contributed by atoms with E-state index in [0.717, 1.165) is 51.4 Å². The van der Waals surface area contributed by atoms with Gasteiger partial charge in [-0.25, -0.2) is 4.98 Å². The Labute approximate surface area is 132 Å². The Balaban J connectivity index is 1.86. The molecule has 0 aromatic carbocycles. The molecule has 0 unspecified atom stereocenters. The second-order valence-corrected chi connectivity index (χ2v) is 5.44. The highest BCUT2D eigenvalue weighted by Crippen LogP contribution is 2.14. The van der Waals surface area contributed by atoms with Gasteiger partial charge in [0.15, 0.2) is 0 Å². The predicted octanol–water partition coefficient (Wildman–Crippen LogP) is 1.37. The molecule has 1 fully saturated rings. The van der Waals surface area contributed by atoms with Crippen LogP contribution in [0.3, 0.4) is 0 Å². The number of hydrogen-bond donors (Lipinski definition) is 1. The first-order valence-corrected chi connectivity index (χ1v) is 7.89. The van der Waals surface area contributed by atoms with Gasteiger partial charge >= 0.3 is 0 Å². The molecular formula is C17H24N4O. The van der Waals surface area contributed by atoms with Crippen molar-refractivity contribution in [2.45, 2.75) is 19.8 Å². The van der Waals surface area contributed by atoms with Crippen LogP contribution in [-0.4, -0.2) is 55.1 Å². The fraction of sp³-hybridized carbons (Fsp3) is 0.529. The molecule has 1 aliphatic heterocycles. The maximum absolute atomic E-state index is 11.8. The summed E-state index contributed by atoms with van der Waals surface area (Å²) < 4.78 is 0. The van der Waals surface area contributed by atoms with Crippen LogP contribution >= 0.6 is 0 Å². The van der Waals surface area contributed by atoms with Gasteiger partial charge in [-0.2, -0.15) is 0 Å². The smallest absolute Gasteiger partial charge is 0.252 e. The van der Waals surface area contributed by atoms with Gasteiger partial charge in [0.1, 0.15) is 5.82 Å². The third kappa shape index (κ3) is 4.47. The van der Waals surface area contributed by atoms with Crippen molar-refractivity contribution in [3.8, 4) is 12.3 Å². The first kappa shape index (κ1) is 16.3. The van der Waals surface area contributed by atoms with Crippen molar-refractivity contribution in [1.82, 2.24) is 15.2 Å². The van der Waals surface area contributed by atoms with Crippen LogP contribution in [-0.2, 0) is 0 Å². The number of hydrogen-bond acceptors (Lipinski definition) is 4.